The van der Waals surface area contributed by atoms with Crippen molar-refractivity contribution in [2.24, 2.45) is 5.92 Å². The molecule has 1 aromatic heterocycles. The first kappa shape index (κ1) is 18.4. The average molecular weight is 391 g/mol. The van der Waals surface area contributed by atoms with Gasteiger partial charge in [0.25, 0.3) is 5.91 Å². The number of carbonyl (C=O) groups is 3. The van der Waals surface area contributed by atoms with Crippen LogP contribution in [-0.4, -0.2) is 59.4 Å². The second kappa shape index (κ2) is 7.24. The van der Waals surface area contributed by atoms with Crippen LogP contribution < -0.4 is 10.6 Å². The fraction of sp³-hybridized carbons (Fsp3) is 0.632. The van der Waals surface area contributed by atoms with Gasteiger partial charge in [-0.05, 0) is 63.1 Å². The maximum absolute atomic E-state index is 12.6. The van der Waals surface area contributed by atoms with Crippen molar-refractivity contribution in [3.8, 4) is 0 Å². The zero-order valence-electron chi connectivity index (χ0n) is 15.6. The summed E-state index contributed by atoms with van der Waals surface area (Å²) in [5, 5.41) is 7.77. The van der Waals surface area contributed by atoms with Crippen LogP contribution in [0.3, 0.4) is 0 Å². The van der Waals surface area contributed by atoms with Crippen LogP contribution in [0.15, 0.2) is 17.5 Å². The Hall–Kier alpha value is -1.93. The molecule has 2 atom stereocenters. The van der Waals surface area contributed by atoms with Crippen LogP contribution in [0.1, 0.15) is 43.5 Å². The smallest absolute Gasteiger partial charge is 0.325 e. The molecule has 0 spiro atoms. The predicted molar refractivity (Wildman–Crippen MR) is 102 cm³/mol. The molecule has 2 N–H and O–H groups in total. The Bertz CT molecular complexity index is 727. The van der Waals surface area contributed by atoms with E-state index in [0.29, 0.717) is 6.54 Å². The minimum absolute atomic E-state index is 0.149. The Labute approximate surface area is 163 Å². The molecule has 2 unspecified atom stereocenters. The quantitative estimate of drug-likeness (QED) is 0.695. The summed E-state index contributed by atoms with van der Waals surface area (Å²) in [7, 11) is 0. The van der Waals surface area contributed by atoms with E-state index in [1.807, 2.05) is 11.4 Å². The fourth-order valence-electron chi connectivity index (χ4n) is 4.15. The molecule has 3 aliphatic rings. The lowest BCUT2D eigenvalue weighted by atomic mass is 9.96. The number of hydrogen-bond donors (Lipinski definition) is 2. The Balaban J connectivity index is 1.36. The average Bonchev–Trinajstić information content (AvgIpc) is 3.05. The molecule has 7 nitrogen and oxygen atoms in total. The molecule has 1 aliphatic carbocycles. The Morgan fingerprint density at radius 1 is 1.37 bits per heavy atom. The fourth-order valence-corrected chi connectivity index (χ4v) is 5.01. The van der Waals surface area contributed by atoms with Crippen LogP contribution in [-0.2, 0) is 9.59 Å². The zero-order valence-corrected chi connectivity index (χ0v) is 16.4. The van der Waals surface area contributed by atoms with E-state index in [2.05, 4.69) is 21.6 Å². The highest BCUT2D eigenvalue weighted by atomic mass is 32.1. The van der Waals surface area contributed by atoms with E-state index in [9.17, 15) is 14.4 Å². The lowest BCUT2D eigenvalue weighted by molar-refractivity contribution is -0.135. The minimum Gasteiger partial charge on any atom is -0.353 e. The molecule has 4 amide bonds. The highest BCUT2D eigenvalue weighted by Gasteiger charge is 2.56. The normalized spacial score (nSPS) is 27.1. The van der Waals surface area contributed by atoms with Gasteiger partial charge in [-0.15, -0.1) is 11.3 Å². The van der Waals surface area contributed by atoms with Crippen molar-refractivity contribution >= 4 is 29.2 Å². The first-order valence-electron chi connectivity index (χ1n) is 9.67. The number of urea groups is 1. The molecule has 0 radical (unpaired) electrons. The van der Waals surface area contributed by atoms with Gasteiger partial charge in [-0.1, -0.05) is 6.07 Å². The topological polar surface area (TPSA) is 81.8 Å². The van der Waals surface area contributed by atoms with Gasteiger partial charge in [-0.3, -0.25) is 19.4 Å². The van der Waals surface area contributed by atoms with Crippen LogP contribution in [0.25, 0.3) is 0 Å². The Kier molecular flexibility index (Phi) is 4.94. The second-order valence-corrected chi connectivity index (χ2v) is 8.86. The summed E-state index contributed by atoms with van der Waals surface area (Å²) in [6, 6.07) is 3.81. The standard InChI is InChI=1S/C19H26N4O3S/c1-19(13-6-7-13)17(25)23(18(26)21-19)12-16(24)20-11-14(15-5-4-10-27-15)22-8-2-3-9-22/h4-5,10,13-14H,2-3,6-9,11-12H2,1H3,(H,20,24)(H,21,26). The molecular weight excluding hydrogens is 364 g/mol. The van der Waals surface area contributed by atoms with Gasteiger partial charge in [-0.2, -0.15) is 0 Å². The number of carbonyl (C=O) groups excluding carboxylic acids is 3. The molecule has 0 bridgehead atoms. The lowest BCUT2D eigenvalue weighted by Crippen LogP contribution is -2.47. The molecule has 2 saturated heterocycles. The van der Waals surface area contributed by atoms with E-state index in [0.717, 1.165) is 30.8 Å². The van der Waals surface area contributed by atoms with Gasteiger partial charge < -0.3 is 10.6 Å². The second-order valence-electron chi connectivity index (χ2n) is 7.88. The van der Waals surface area contributed by atoms with Gasteiger partial charge in [0.05, 0.1) is 6.04 Å². The predicted octanol–water partition coefficient (Wildman–Crippen LogP) is 1.72. The van der Waals surface area contributed by atoms with Gasteiger partial charge in [0.1, 0.15) is 12.1 Å². The van der Waals surface area contributed by atoms with Crippen LogP contribution in [0, 0.1) is 5.92 Å². The largest absolute Gasteiger partial charge is 0.353 e. The van der Waals surface area contributed by atoms with Crippen molar-refractivity contribution in [2.75, 3.05) is 26.2 Å². The summed E-state index contributed by atoms with van der Waals surface area (Å²) in [6.07, 6.45) is 4.25. The summed E-state index contributed by atoms with van der Waals surface area (Å²) in [4.78, 5) is 42.0. The molecule has 27 heavy (non-hydrogen) atoms. The van der Waals surface area contributed by atoms with Gasteiger partial charge in [0.15, 0.2) is 0 Å². The maximum atomic E-state index is 12.6. The minimum atomic E-state index is -0.841. The number of nitrogens with zero attached hydrogens (tertiary/aromatic N) is 2. The number of imide groups is 1. The van der Waals surface area contributed by atoms with E-state index in [1.54, 1.807) is 18.3 Å². The molecule has 1 aromatic rings. The zero-order chi connectivity index (χ0) is 19.0. The molecule has 2 aliphatic heterocycles. The summed E-state index contributed by atoms with van der Waals surface area (Å²) in [6.45, 7) is 4.10. The first-order valence-corrected chi connectivity index (χ1v) is 10.6. The summed E-state index contributed by atoms with van der Waals surface area (Å²) in [5.41, 5.74) is -0.841. The third-order valence-electron chi connectivity index (χ3n) is 5.94. The van der Waals surface area contributed by atoms with Crippen molar-refractivity contribution in [1.82, 2.24) is 20.4 Å². The van der Waals surface area contributed by atoms with Crippen LogP contribution in [0.2, 0.25) is 0 Å². The Morgan fingerprint density at radius 3 is 2.74 bits per heavy atom. The molecule has 1 saturated carbocycles. The van der Waals surface area contributed by atoms with Crippen molar-refractivity contribution in [3.63, 3.8) is 0 Å². The van der Waals surface area contributed by atoms with E-state index in [4.69, 9.17) is 0 Å². The molecule has 0 aromatic carbocycles. The maximum Gasteiger partial charge on any atom is 0.325 e. The van der Waals surface area contributed by atoms with Crippen LogP contribution in [0.4, 0.5) is 4.79 Å². The molecule has 146 valence electrons. The molecule has 4 rings (SSSR count). The summed E-state index contributed by atoms with van der Waals surface area (Å²) < 4.78 is 0. The van der Waals surface area contributed by atoms with Crippen molar-refractivity contribution in [1.29, 1.82) is 0 Å². The van der Waals surface area contributed by atoms with E-state index in [1.165, 1.54) is 17.7 Å². The number of nitrogens with one attached hydrogen (secondary N) is 2. The monoisotopic (exact) mass is 390 g/mol. The van der Waals surface area contributed by atoms with Crippen molar-refractivity contribution in [3.05, 3.63) is 22.4 Å². The number of rotatable bonds is 7. The molecule has 8 heteroatoms. The SMILES string of the molecule is CC1(C2CC2)NC(=O)N(CC(=O)NCC(c2cccs2)N2CCCC2)C1=O. The molecule has 3 fully saturated rings. The lowest BCUT2D eigenvalue weighted by Gasteiger charge is -2.27. The summed E-state index contributed by atoms with van der Waals surface area (Å²) in [5.74, 6) is -0.376. The first-order chi connectivity index (χ1) is 13.0. The highest BCUT2D eigenvalue weighted by Crippen LogP contribution is 2.42. The molecule has 3 heterocycles. The Morgan fingerprint density at radius 2 is 2.11 bits per heavy atom. The number of likely N-dealkylation sites (tertiary alicyclic amines) is 1. The third-order valence-corrected chi connectivity index (χ3v) is 6.92. The van der Waals surface area contributed by atoms with Gasteiger partial charge in [0.2, 0.25) is 5.91 Å². The van der Waals surface area contributed by atoms with E-state index in [-0.39, 0.29) is 30.3 Å². The van der Waals surface area contributed by atoms with Crippen LogP contribution >= 0.6 is 11.3 Å². The van der Waals surface area contributed by atoms with Crippen molar-refractivity contribution in [2.45, 2.75) is 44.2 Å². The third kappa shape index (κ3) is 3.60. The van der Waals surface area contributed by atoms with Gasteiger partial charge in [0, 0.05) is 11.4 Å². The molecular formula is C19H26N4O3S. The number of thiophene rings is 1. The van der Waals surface area contributed by atoms with Crippen LogP contribution in [0.5, 0.6) is 0 Å². The van der Waals surface area contributed by atoms with Gasteiger partial charge >= 0.3 is 6.03 Å². The van der Waals surface area contributed by atoms with Crippen molar-refractivity contribution < 1.29 is 14.4 Å². The highest BCUT2D eigenvalue weighted by molar-refractivity contribution is 7.10. The number of amides is 4. The van der Waals surface area contributed by atoms with E-state index >= 15 is 0 Å². The van der Waals surface area contributed by atoms with Gasteiger partial charge in [-0.25, -0.2) is 4.79 Å². The number of hydrogen-bond acceptors (Lipinski definition) is 5. The van der Waals surface area contributed by atoms with E-state index < -0.39 is 11.6 Å². The summed E-state index contributed by atoms with van der Waals surface area (Å²) >= 11 is 1.69.